The molecule has 1 nitrogen and oxygen atoms in total. The number of hydrogen-bond acceptors (Lipinski definition) is 3. The van der Waals surface area contributed by atoms with Crippen LogP contribution < -0.4 is 0 Å². The minimum atomic E-state index is 0.213. The van der Waals surface area contributed by atoms with Crippen LogP contribution in [0.15, 0.2) is 29.2 Å². The van der Waals surface area contributed by atoms with Gasteiger partial charge in [-0.15, -0.1) is 11.8 Å². The fourth-order valence-corrected chi connectivity index (χ4v) is 3.37. The molecule has 1 aromatic carbocycles. The van der Waals surface area contributed by atoms with Crippen molar-refractivity contribution in [3.63, 3.8) is 0 Å². The Morgan fingerprint density at radius 3 is 2.67 bits per heavy atom. The minimum Gasteiger partial charge on any atom is -0.293 e. The van der Waals surface area contributed by atoms with E-state index in [0.29, 0.717) is 5.78 Å². The average molecular weight is 238 g/mol. The third-order valence-corrected chi connectivity index (χ3v) is 4.72. The summed E-state index contributed by atoms with van der Waals surface area (Å²) in [6.07, 6.45) is 4.28. The van der Waals surface area contributed by atoms with Gasteiger partial charge in [0.2, 0.25) is 0 Å². The molecule has 1 fully saturated rings. The smallest absolute Gasteiger partial charge is 0.175 e. The lowest BCUT2D eigenvalue weighted by molar-refractivity contribution is 0.0988. The molecule has 0 radical (unpaired) electrons. The zero-order valence-corrected chi connectivity index (χ0v) is 10.4. The van der Waals surface area contributed by atoms with Crippen LogP contribution in [0.1, 0.15) is 23.2 Å². The van der Waals surface area contributed by atoms with Crippen LogP contribution in [0.4, 0.5) is 0 Å². The van der Waals surface area contributed by atoms with Crippen LogP contribution in [0.5, 0.6) is 0 Å². The summed E-state index contributed by atoms with van der Waals surface area (Å²) in [7, 11) is 0. The van der Waals surface area contributed by atoms with Crippen LogP contribution in [-0.4, -0.2) is 23.0 Å². The number of carbonyl (C=O) groups is 1. The first-order valence-electron chi connectivity index (χ1n) is 5.11. The Hall–Kier alpha value is -0.410. The van der Waals surface area contributed by atoms with E-state index in [1.807, 2.05) is 30.5 Å². The molecule has 0 aliphatic carbocycles. The van der Waals surface area contributed by atoms with Gasteiger partial charge in [0.1, 0.15) is 0 Å². The highest BCUT2D eigenvalue weighted by atomic mass is 32.2. The molecule has 80 valence electrons. The van der Waals surface area contributed by atoms with Crippen LogP contribution in [0, 0.1) is 0 Å². The molecule has 1 saturated heterocycles. The van der Waals surface area contributed by atoms with Gasteiger partial charge in [-0.05, 0) is 37.0 Å². The van der Waals surface area contributed by atoms with Crippen molar-refractivity contribution < 1.29 is 4.79 Å². The topological polar surface area (TPSA) is 17.1 Å². The van der Waals surface area contributed by atoms with Crippen molar-refractivity contribution in [2.24, 2.45) is 0 Å². The van der Waals surface area contributed by atoms with Gasteiger partial charge in [0.25, 0.3) is 0 Å². The molecule has 1 unspecified atom stereocenters. The van der Waals surface area contributed by atoms with Gasteiger partial charge in [0.05, 0.1) is 5.25 Å². The molecule has 0 bridgehead atoms. The van der Waals surface area contributed by atoms with Gasteiger partial charge in [-0.1, -0.05) is 12.1 Å². The maximum atomic E-state index is 12.0. The Morgan fingerprint density at radius 2 is 2.13 bits per heavy atom. The van der Waals surface area contributed by atoms with E-state index in [1.165, 1.54) is 11.3 Å². The van der Waals surface area contributed by atoms with E-state index in [1.54, 1.807) is 23.5 Å². The van der Waals surface area contributed by atoms with Gasteiger partial charge in [-0.25, -0.2) is 0 Å². The summed E-state index contributed by atoms with van der Waals surface area (Å²) in [5.74, 6) is 1.45. The lowest BCUT2D eigenvalue weighted by Gasteiger charge is -2.07. The van der Waals surface area contributed by atoms with Crippen LogP contribution in [0.2, 0.25) is 0 Å². The highest BCUT2D eigenvalue weighted by Crippen LogP contribution is 2.29. The molecule has 3 heteroatoms. The van der Waals surface area contributed by atoms with Crippen LogP contribution >= 0.6 is 23.5 Å². The predicted octanol–water partition coefficient (Wildman–Crippen LogP) is 3.49. The Bertz CT molecular complexity index is 339. The highest BCUT2D eigenvalue weighted by molar-refractivity contribution is 8.00. The van der Waals surface area contributed by atoms with Crippen molar-refractivity contribution in [3.8, 4) is 0 Å². The SMILES string of the molecule is CSc1ccc(C(=O)C2CCCS2)cc1. The maximum Gasteiger partial charge on any atom is 0.175 e. The monoisotopic (exact) mass is 238 g/mol. The molecule has 1 aliphatic heterocycles. The van der Waals surface area contributed by atoms with E-state index in [-0.39, 0.29) is 5.25 Å². The molecule has 1 heterocycles. The van der Waals surface area contributed by atoms with Gasteiger partial charge in [0, 0.05) is 10.5 Å². The third kappa shape index (κ3) is 2.58. The first-order valence-corrected chi connectivity index (χ1v) is 7.38. The minimum absolute atomic E-state index is 0.213. The summed E-state index contributed by atoms with van der Waals surface area (Å²) in [6, 6.07) is 7.95. The fourth-order valence-electron chi connectivity index (χ4n) is 1.73. The molecule has 0 N–H and O–H groups in total. The normalized spacial score (nSPS) is 20.5. The first kappa shape index (κ1) is 11.1. The van der Waals surface area contributed by atoms with Crippen molar-refractivity contribution in [1.29, 1.82) is 0 Å². The number of thioether (sulfide) groups is 2. The predicted molar refractivity (Wildman–Crippen MR) is 68.0 cm³/mol. The Kier molecular flexibility index (Phi) is 3.76. The number of benzene rings is 1. The molecular formula is C12H14OS2. The summed E-state index contributed by atoms with van der Waals surface area (Å²) in [4.78, 5) is 13.2. The quantitative estimate of drug-likeness (QED) is 0.593. The summed E-state index contributed by atoms with van der Waals surface area (Å²) in [5.41, 5.74) is 0.868. The number of rotatable bonds is 3. The second kappa shape index (κ2) is 5.08. The molecule has 0 spiro atoms. The van der Waals surface area contributed by atoms with Crippen LogP contribution in [0.25, 0.3) is 0 Å². The van der Waals surface area contributed by atoms with E-state index < -0.39 is 0 Å². The van der Waals surface area contributed by atoms with Gasteiger partial charge in [-0.2, -0.15) is 11.8 Å². The van der Waals surface area contributed by atoms with Crippen molar-refractivity contribution in [3.05, 3.63) is 29.8 Å². The second-order valence-electron chi connectivity index (χ2n) is 3.59. The molecule has 0 aromatic heterocycles. The summed E-state index contributed by atoms with van der Waals surface area (Å²) < 4.78 is 0. The molecular weight excluding hydrogens is 224 g/mol. The average Bonchev–Trinajstić information content (AvgIpc) is 2.82. The zero-order valence-electron chi connectivity index (χ0n) is 8.73. The highest BCUT2D eigenvalue weighted by Gasteiger charge is 2.24. The summed E-state index contributed by atoms with van der Waals surface area (Å²) >= 11 is 3.51. The Morgan fingerprint density at radius 1 is 1.40 bits per heavy atom. The lowest BCUT2D eigenvalue weighted by atomic mass is 10.1. The molecule has 1 aromatic rings. The Balaban J connectivity index is 2.11. The van der Waals surface area contributed by atoms with Gasteiger partial charge >= 0.3 is 0 Å². The van der Waals surface area contributed by atoms with E-state index in [0.717, 1.165) is 17.7 Å². The molecule has 1 aliphatic rings. The van der Waals surface area contributed by atoms with E-state index >= 15 is 0 Å². The zero-order chi connectivity index (χ0) is 10.7. The van der Waals surface area contributed by atoms with E-state index in [4.69, 9.17) is 0 Å². The summed E-state index contributed by atoms with van der Waals surface area (Å²) in [6.45, 7) is 0. The summed E-state index contributed by atoms with van der Waals surface area (Å²) in [5, 5.41) is 0.213. The fraction of sp³-hybridized carbons (Fsp3) is 0.417. The molecule has 1 atom stereocenters. The number of carbonyl (C=O) groups excluding carboxylic acids is 1. The van der Waals surface area contributed by atoms with Crippen molar-refractivity contribution >= 4 is 29.3 Å². The lowest BCUT2D eigenvalue weighted by Crippen LogP contribution is -2.13. The van der Waals surface area contributed by atoms with Crippen molar-refractivity contribution in [1.82, 2.24) is 0 Å². The molecule has 0 saturated carbocycles. The molecule has 2 rings (SSSR count). The van der Waals surface area contributed by atoms with Crippen LogP contribution in [0.3, 0.4) is 0 Å². The maximum absolute atomic E-state index is 12.0. The van der Waals surface area contributed by atoms with E-state index in [2.05, 4.69) is 0 Å². The third-order valence-electron chi connectivity index (χ3n) is 2.60. The first-order chi connectivity index (χ1) is 7.31. The standard InChI is InChI=1S/C12H14OS2/c1-14-10-6-4-9(5-7-10)12(13)11-3-2-8-15-11/h4-7,11H,2-3,8H2,1H3. The van der Waals surface area contributed by atoms with Gasteiger partial charge in [0.15, 0.2) is 5.78 Å². The van der Waals surface area contributed by atoms with Gasteiger partial charge in [-0.3, -0.25) is 4.79 Å². The number of Topliss-reactive ketones (excluding diaryl/α,β-unsaturated/α-hetero) is 1. The number of ketones is 1. The molecule has 15 heavy (non-hydrogen) atoms. The Labute approximate surface area is 99.0 Å². The van der Waals surface area contributed by atoms with Crippen molar-refractivity contribution in [2.75, 3.05) is 12.0 Å². The largest absolute Gasteiger partial charge is 0.293 e. The number of hydrogen-bond donors (Lipinski definition) is 0. The second-order valence-corrected chi connectivity index (χ2v) is 5.78. The van der Waals surface area contributed by atoms with Gasteiger partial charge < -0.3 is 0 Å². The van der Waals surface area contributed by atoms with Crippen LogP contribution in [-0.2, 0) is 0 Å². The van der Waals surface area contributed by atoms with Crippen molar-refractivity contribution in [2.45, 2.75) is 23.0 Å². The molecule has 0 amide bonds. The van der Waals surface area contributed by atoms with E-state index in [9.17, 15) is 4.79 Å².